The zero-order valence-electron chi connectivity index (χ0n) is 15.8. The summed E-state index contributed by atoms with van der Waals surface area (Å²) in [5, 5.41) is 10.3. The van der Waals surface area contributed by atoms with Crippen LogP contribution in [0.3, 0.4) is 0 Å². The highest BCUT2D eigenvalue weighted by molar-refractivity contribution is 5.95. The number of hydrogen-bond acceptors (Lipinski definition) is 5. The van der Waals surface area contributed by atoms with Crippen LogP contribution in [0.15, 0.2) is 54.7 Å². The maximum atomic E-state index is 12.7. The molecule has 0 aliphatic carbocycles. The van der Waals surface area contributed by atoms with Crippen molar-refractivity contribution in [2.45, 2.75) is 25.7 Å². The molecular weight excluding hydrogens is 376 g/mol. The molecule has 0 saturated carbocycles. The quantitative estimate of drug-likeness (QED) is 0.642. The van der Waals surface area contributed by atoms with E-state index in [-0.39, 0.29) is 18.0 Å². The molecule has 0 spiro atoms. The van der Waals surface area contributed by atoms with E-state index in [2.05, 4.69) is 20.7 Å². The first kappa shape index (κ1) is 19.1. The van der Waals surface area contributed by atoms with Gasteiger partial charge in [0, 0.05) is 24.7 Å². The zero-order chi connectivity index (χ0) is 20.4. The van der Waals surface area contributed by atoms with Crippen LogP contribution in [-0.4, -0.2) is 30.8 Å². The maximum Gasteiger partial charge on any atom is 0.387 e. The molecule has 0 N–H and O–H groups in total. The van der Waals surface area contributed by atoms with Gasteiger partial charge in [-0.05, 0) is 30.7 Å². The summed E-state index contributed by atoms with van der Waals surface area (Å²) in [6.07, 6.45) is 1.27. The maximum absolute atomic E-state index is 12.7. The number of halogens is 2. The van der Waals surface area contributed by atoms with Gasteiger partial charge in [-0.15, -0.1) is 0 Å². The number of rotatable bonds is 4. The number of nitrogens with zero attached hydrogens (tertiary/aromatic N) is 3. The number of fused-ring (bicyclic) bond motifs is 1. The first-order valence-corrected chi connectivity index (χ1v) is 9.28. The second-order valence-electron chi connectivity index (χ2n) is 6.94. The van der Waals surface area contributed by atoms with Gasteiger partial charge >= 0.3 is 6.61 Å². The van der Waals surface area contributed by atoms with Crippen LogP contribution in [-0.2, 0) is 4.74 Å². The van der Waals surface area contributed by atoms with Crippen molar-refractivity contribution in [1.82, 2.24) is 4.98 Å². The Kier molecular flexibility index (Phi) is 5.28. The molecular formula is C22H19F2N3O2. The first-order chi connectivity index (χ1) is 14.0. The van der Waals surface area contributed by atoms with Gasteiger partial charge in [0.05, 0.1) is 22.9 Å². The number of aromatic nitrogens is 1. The molecule has 148 valence electrons. The Hall–Kier alpha value is -3.24. The van der Waals surface area contributed by atoms with Gasteiger partial charge in [0.2, 0.25) is 0 Å². The van der Waals surface area contributed by atoms with Crippen molar-refractivity contribution >= 4 is 16.6 Å². The molecule has 29 heavy (non-hydrogen) atoms. The molecule has 1 fully saturated rings. The summed E-state index contributed by atoms with van der Waals surface area (Å²) in [6, 6.07) is 16.6. The Morgan fingerprint density at radius 3 is 2.72 bits per heavy atom. The van der Waals surface area contributed by atoms with Crippen molar-refractivity contribution in [1.29, 1.82) is 5.26 Å². The Balaban J connectivity index is 1.79. The number of hydrogen-bond donors (Lipinski definition) is 0. The van der Waals surface area contributed by atoms with Gasteiger partial charge in [0.15, 0.2) is 0 Å². The molecule has 2 heterocycles. The Bertz CT molecular complexity index is 1050. The third-order valence-electron chi connectivity index (χ3n) is 4.90. The van der Waals surface area contributed by atoms with Crippen molar-refractivity contribution in [3.8, 4) is 11.8 Å². The largest absolute Gasteiger partial charge is 0.435 e. The lowest BCUT2D eigenvalue weighted by atomic mass is 10.0. The fourth-order valence-corrected chi connectivity index (χ4v) is 3.74. The molecule has 0 radical (unpaired) electrons. The molecule has 2 aromatic carbocycles. The van der Waals surface area contributed by atoms with E-state index in [1.807, 2.05) is 37.3 Å². The molecule has 5 nitrogen and oxygen atoms in total. The molecule has 1 aliphatic heterocycles. The molecule has 0 bridgehead atoms. The van der Waals surface area contributed by atoms with Crippen LogP contribution in [0.4, 0.5) is 14.5 Å². The molecule has 0 amide bonds. The number of pyridine rings is 1. The number of ether oxygens (including phenoxy) is 2. The highest BCUT2D eigenvalue weighted by Gasteiger charge is 2.29. The smallest absolute Gasteiger partial charge is 0.387 e. The van der Waals surface area contributed by atoms with E-state index in [0.717, 1.165) is 5.56 Å². The second-order valence-corrected chi connectivity index (χ2v) is 6.94. The molecule has 3 aromatic rings. The average Bonchev–Trinajstić information content (AvgIpc) is 2.72. The van der Waals surface area contributed by atoms with Crippen LogP contribution in [0, 0.1) is 11.3 Å². The fourth-order valence-electron chi connectivity index (χ4n) is 3.74. The molecule has 1 aliphatic rings. The van der Waals surface area contributed by atoms with E-state index in [0.29, 0.717) is 35.2 Å². The number of morpholine rings is 1. The summed E-state index contributed by atoms with van der Waals surface area (Å²) in [6.45, 7) is 0.149. The number of anilines is 1. The third-order valence-corrected chi connectivity index (χ3v) is 4.90. The summed E-state index contributed by atoms with van der Waals surface area (Å²) >= 11 is 0. The fraction of sp³-hybridized carbons (Fsp3) is 0.273. The van der Waals surface area contributed by atoms with Crippen LogP contribution in [0.1, 0.15) is 24.2 Å². The summed E-state index contributed by atoms with van der Waals surface area (Å²) in [7, 11) is 0. The van der Waals surface area contributed by atoms with Gasteiger partial charge < -0.3 is 14.4 Å². The minimum Gasteiger partial charge on any atom is -0.435 e. The topological polar surface area (TPSA) is 58.4 Å². The van der Waals surface area contributed by atoms with Crippen molar-refractivity contribution in [3.63, 3.8) is 0 Å². The highest BCUT2D eigenvalue weighted by atomic mass is 19.3. The third kappa shape index (κ3) is 3.98. The van der Waals surface area contributed by atoms with Gasteiger partial charge in [-0.25, -0.2) is 0 Å². The van der Waals surface area contributed by atoms with E-state index >= 15 is 0 Å². The Morgan fingerprint density at radius 1 is 1.21 bits per heavy atom. The van der Waals surface area contributed by atoms with Gasteiger partial charge in [-0.2, -0.15) is 14.0 Å². The van der Waals surface area contributed by atoms with Gasteiger partial charge in [-0.1, -0.05) is 30.3 Å². The molecule has 1 saturated heterocycles. The highest BCUT2D eigenvalue weighted by Crippen LogP contribution is 2.36. The van der Waals surface area contributed by atoms with Crippen LogP contribution in [0.2, 0.25) is 0 Å². The Morgan fingerprint density at radius 2 is 2.00 bits per heavy atom. The van der Waals surface area contributed by atoms with E-state index in [9.17, 15) is 14.0 Å². The van der Waals surface area contributed by atoms with Crippen LogP contribution in [0.25, 0.3) is 10.9 Å². The molecule has 2 unspecified atom stereocenters. The lowest BCUT2D eigenvalue weighted by molar-refractivity contribution is -0.0497. The molecule has 2 atom stereocenters. The number of benzene rings is 2. The van der Waals surface area contributed by atoms with Crippen molar-refractivity contribution in [2.75, 3.05) is 18.0 Å². The SMILES string of the molecule is CC1CN(c2c(C#N)cnc3ccc(OC(F)F)cc23)CC(c2ccccc2)O1. The normalized spacial score (nSPS) is 19.3. The minimum atomic E-state index is -2.92. The van der Waals surface area contributed by atoms with Crippen molar-refractivity contribution in [2.24, 2.45) is 0 Å². The zero-order valence-corrected chi connectivity index (χ0v) is 15.8. The predicted octanol–water partition coefficient (Wildman–Crippen LogP) is 4.67. The van der Waals surface area contributed by atoms with Gasteiger partial charge in [-0.3, -0.25) is 4.98 Å². The van der Waals surface area contributed by atoms with Crippen molar-refractivity contribution in [3.05, 3.63) is 65.9 Å². The summed E-state index contributed by atoms with van der Waals surface area (Å²) in [5.41, 5.74) is 2.69. The van der Waals surface area contributed by atoms with Gasteiger partial charge in [0.25, 0.3) is 0 Å². The lowest BCUT2D eigenvalue weighted by Gasteiger charge is -2.39. The minimum absolute atomic E-state index is 0.0338. The number of nitriles is 1. The first-order valence-electron chi connectivity index (χ1n) is 9.28. The number of alkyl halides is 2. The molecule has 4 rings (SSSR count). The predicted molar refractivity (Wildman–Crippen MR) is 105 cm³/mol. The summed E-state index contributed by atoms with van der Waals surface area (Å²) in [5.74, 6) is 0.0338. The molecule has 1 aromatic heterocycles. The van der Waals surface area contributed by atoms with E-state index < -0.39 is 6.61 Å². The second kappa shape index (κ2) is 8.02. The standard InChI is InChI=1S/C22H19F2N3O2/c1-14-12-27(13-20(28-14)15-5-3-2-4-6-15)21-16(10-25)11-26-19-8-7-17(9-18(19)21)29-22(23)24/h2-9,11,14,20,22H,12-13H2,1H3. The van der Waals surface area contributed by atoms with E-state index in [4.69, 9.17) is 4.74 Å². The summed E-state index contributed by atoms with van der Waals surface area (Å²) < 4.78 is 36.1. The van der Waals surface area contributed by atoms with Gasteiger partial charge in [0.1, 0.15) is 17.9 Å². The monoisotopic (exact) mass is 395 g/mol. The van der Waals surface area contributed by atoms with Crippen LogP contribution < -0.4 is 9.64 Å². The summed E-state index contributed by atoms with van der Waals surface area (Å²) in [4.78, 5) is 6.37. The van der Waals surface area contributed by atoms with E-state index in [1.54, 1.807) is 6.07 Å². The van der Waals surface area contributed by atoms with Crippen LogP contribution in [0.5, 0.6) is 5.75 Å². The molecule has 7 heteroatoms. The van der Waals surface area contributed by atoms with E-state index in [1.165, 1.54) is 18.3 Å². The van der Waals surface area contributed by atoms with Crippen molar-refractivity contribution < 1.29 is 18.3 Å². The Labute approximate surface area is 167 Å². The lowest BCUT2D eigenvalue weighted by Crippen LogP contribution is -2.43. The van der Waals surface area contributed by atoms with Crippen LogP contribution >= 0.6 is 0 Å². The average molecular weight is 395 g/mol.